The summed E-state index contributed by atoms with van der Waals surface area (Å²) in [5.74, 6) is 0. The Morgan fingerprint density at radius 2 is 0.429 bits per heavy atom. The summed E-state index contributed by atoms with van der Waals surface area (Å²) < 4.78 is 0. The van der Waals surface area contributed by atoms with Crippen molar-refractivity contribution in [2.45, 2.75) is 51.4 Å². The molecule has 0 amide bonds. The number of nitrogens with one attached hydrogen (secondary N) is 4. The monoisotopic (exact) mass is 332 g/mol. The zero-order chi connectivity index (χ0) is 14.1. The van der Waals surface area contributed by atoms with Crippen LogP contribution in [0.25, 0.3) is 0 Å². The molecule has 0 bridgehead atoms. The summed E-state index contributed by atoms with van der Waals surface area (Å²) in [5, 5.41) is 12.9. The fourth-order valence-electron chi connectivity index (χ4n) is 2.50. The van der Waals surface area contributed by atoms with Crippen LogP contribution in [0.4, 0.5) is 0 Å². The molecule has 4 saturated heterocycles. The first-order valence-electron chi connectivity index (χ1n) is 8.83. The fourth-order valence-corrected chi connectivity index (χ4v) is 2.50. The molecular weight excluding hydrogens is 296 g/mol. The van der Waals surface area contributed by atoms with E-state index in [9.17, 15) is 0 Å². The van der Waals surface area contributed by atoms with Crippen molar-refractivity contribution in [1.29, 1.82) is 0 Å². The van der Waals surface area contributed by atoms with Gasteiger partial charge in [0.2, 0.25) is 0 Å². The molecular formula is C16H36N4Ti. The van der Waals surface area contributed by atoms with Gasteiger partial charge >= 0.3 is 0 Å². The average Bonchev–Trinajstić information content (AvgIpc) is 3.40. The number of hydrogen-bond donors (Lipinski definition) is 4. The summed E-state index contributed by atoms with van der Waals surface area (Å²) in [7, 11) is 0. The van der Waals surface area contributed by atoms with Crippen LogP contribution in [0.15, 0.2) is 0 Å². The largest absolute Gasteiger partial charge is 0.317 e. The second-order valence-electron chi connectivity index (χ2n) is 5.83. The fraction of sp³-hybridized carbons (Fsp3) is 1.00. The molecule has 0 aliphatic carbocycles. The van der Waals surface area contributed by atoms with Gasteiger partial charge in [0.15, 0.2) is 0 Å². The van der Waals surface area contributed by atoms with E-state index < -0.39 is 0 Å². The third-order valence-electron chi connectivity index (χ3n) is 3.83. The Bertz CT molecular complexity index is 107. The first-order valence-corrected chi connectivity index (χ1v) is 8.83. The summed E-state index contributed by atoms with van der Waals surface area (Å²) >= 11 is 0. The molecule has 0 aromatic rings. The number of rotatable bonds is 0. The van der Waals surface area contributed by atoms with Crippen LogP contribution in [0, 0.1) is 0 Å². The topological polar surface area (TPSA) is 48.1 Å². The quantitative estimate of drug-likeness (QED) is 0.508. The molecule has 0 aromatic heterocycles. The van der Waals surface area contributed by atoms with E-state index in [1.54, 1.807) is 0 Å². The van der Waals surface area contributed by atoms with Gasteiger partial charge in [0, 0.05) is 21.7 Å². The Morgan fingerprint density at radius 3 is 0.476 bits per heavy atom. The second kappa shape index (κ2) is 18.6. The molecule has 4 aliphatic heterocycles. The van der Waals surface area contributed by atoms with Gasteiger partial charge in [-0.3, -0.25) is 0 Å². The van der Waals surface area contributed by atoms with E-state index in [0.29, 0.717) is 0 Å². The minimum atomic E-state index is 0. The van der Waals surface area contributed by atoms with Crippen LogP contribution in [0.2, 0.25) is 0 Å². The first kappa shape index (κ1) is 21.6. The molecule has 4 fully saturated rings. The van der Waals surface area contributed by atoms with Crippen molar-refractivity contribution in [2.75, 3.05) is 52.4 Å². The molecule has 4 rings (SSSR count). The predicted molar refractivity (Wildman–Crippen MR) is 88.4 cm³/mol. The van der Waals surface area contributed by atoms with Crippen LogP contribution in [0.5, 0.6) is 0 Å². The summed E-state index contributed by atoms with van der Waals surface area (Å²) in [5.41, 5.74) is 0. The van der Waals surface area contributed by atoms with E-state index in [0.717, 1.165) is 0 Å². The van der Waals surface area contributed by atoms with E-state index in [4.69, 9.17) is 0 Å². The molecule has 4 nitrogen and oxygen atoms in total. The van der Waals surface area contributed by atoms with E-state index in [1.165, 1.54) is 104 Å². The third-order valence-corrected chi connectivity index (χ3v) is 3.83. The minimum Gasteiger partial charge on any atom is -0.317 e. The first-order chi connectivity index (χ1) is 10.0. The zero-order valence-electron chi connectivity index (χ0n) is 13.8. The number of hydrogen-bond acceptors (Lipinski definition) is 4. The van der Waals surface area contributed by atoms with Crippen LogP contribution in [0.3, 0.4) is 0 Å². The Kier molecular flexibility index (Phi) is 19.1. The molecule has 0 aromatic carbocycles. The maximum absolute atomic E-state index is 3.22. The standard InChI is InChI=1S/4C4H9N.Ti/c4*1-2-4-5-3-1;/h4*5H,1-4H2;. The van der Waals surface area contributed by atoms with Crippen molar-refractivity contribution >= 4 is 0 Å². The van der Waals surface area contributed by atoms with Gasteiger partial charge in [-0.1, -0.05) is 0 Å². The van der Waals surface area contributed by atoms with Crippen molar-refractivity contribution in [2.24, 2.45) is 0 Å². The van der Waals surface area contributed by atoms with Gasteiger partial charge in [-0.25, -0.2) is 0 Å². The molecule has 4 aliphatic rings. The van der Waals surface area contributed by atoms with Gasteiger partial charge in [-0.2, -0.15) is 0 Å². The van der Waals surface area contributed by atoms with E-state index in [-0.39, 0.29) is 21.7 Å². The molecule has 124 valence electrons. The van der Waals surface area contributed by atoms with Gasteiger partial charge in [-0.05, 0) is 104 Å². The van der Waals surface area contributed by atoms with Gasteiger partial charge in [0.1, 0.15) is 0 Å². The molecule has 0 atom stereocenters. The van der Waals surface area contributed by atoms with Crippen LogP contribution < -0.4 is 21.3 Å². The second-order valence-corrected chi connectivity index (χ2v) is 5.83. The Morgan fingerprint density at radius 1 is 0.286 bits per heavy atom. The van der Waals surface area contributed by atoms with Gasteiger partial charge < -0.3 is 21.3 Å². The molecule has 21 heavy (non-hydrogen) atoms. The van der Waals surface area contributed by atoms with Gasteiger partial charge in [0.25, 0.3) is 0 Å². The van der Waals surface area contributed by atoms with Gasteiger partial charge in [0.05, 0.1) is 0 Å². The van der Waals surface area contributed by atoms with Gasteiger partial charge in [-0.15, -0.1) is 0 Å². The molecule has 5 heteroatoms. The normalized spacial score (nSPS) is 22.9. The molecule has 0 unspecified atom stereocenters. The Hall–Kier alpha value is 0.554. The van der Waals surface area contributed by atoms with Crippen LogP contribution in [-0.2, 0) is 21.7 Å². The van der Waals surface area contributed by atoms with Crippen molar-refractivity contribution in [1.82, 2.24) is 21.3 Å². The summed E-state index contributed by atoms with van der Waals surface area (Å²) in [6.07, 6.45) is 11.1. The van der Waals surface area contributed by atoms with Crippen molar-refractivity contribution in [3.63, 3.8) is 0 Å². The maximum atomic E-state index is 3.22. The average molecular weight is 332 g/mol. The van der Waals surface area contributed by atoms with Crippen molar-refractivity contribution in [3.05, 3.63) is 0 Å². The molecule has 0 spiro atoms. The Labute approximate surface area is 146 Å². The van der Waals surface area contributed by atoms with Crippen molar-refractivity contribution in [3.8, 4) is 0 Å². The van der Waals surface area contributed by atoms with Crippen molar-refractivity contribution < 1.29 is 21.7 Å². The van der Waals surface area contributed by atoms with E-state index in [2.05, 4.69) is 21.3 Å². The summed E-state index contributed by atoms with van der Waals surface area (Å²) in [6.45, 7) is 10.0. The zero-order valence-corrected chi connectivity index (χ0v) is 15.4. The molecule has 0 saturated carbocycles. The summed E-state index contributed by atoms with van der Waals surface area (Å²) in [6, 6.07) is 0. The molecule has 0 radical (unpaired) electrons. The third kappa shape index (κ3) is 16.7. The van der Waals surface area contributed by atoms with Crippen LogP contribution in [0.1, 0.15) is 51.4 Å². The predicted octanol–water partition coefficient (Wildman–Crippen LogP) is 1.48. The van der Waals surface area contributed by atoms with E-state index >= 15 is 0 Å². The van der Waals surface area contributed by atoms with Crippen LogP contribution in [-0.4, -0.2) is 52.4 Å². The summed E-state index contributed by atoms with van der Waals surface area (Å²) in [4.78, 5) is 0. The maximum Gasteiger partial charge on any atom is 0 e. The smallest absolute Gasteiger partial charge is 0 e. The van der Waals surface area contributed by atoms with E-state index in [1.807, 2.05) is 0 Å². The van der Waals surface area contributed by atoms with Crippen LogP contribution >= 0.6 is 0 Å². The minimum absolute atomic E-state index is 0. The SMILES string of the molecule is C1CCNC1.C1CCNC1.C1CCNC1.C1CCNC1.[Ti]. The molecule has 4 heterocycles. The molecule has 4 N–H and O–H groups in total. The Balaban J connectivity index is 0.000000250.